The average molecular weight is 674 g/mol. The summed E-state index contributed by atoms with van der Waals surface area (Å²) in [5.74, 6) is -1.36. The minimum absolute atomic E-state index is 0.202. The second-order valence-electron chi connectivity index (χ2n) is 9.07. The topological polar surface area (TPSA) is 133 Å². The second kappa shape index (κ2) is 12.4. The van der Waals surface area contributed by atoms with Gasteiger partial charge in [-0.25, -0.2) is 18.8 Å². The van der Waals surface area contributed by atoms with Gasteiger partial charge in [0.2, 0.25) is 0 Å². The number of ether oxygens (including phenoxy) is 1. The maximum Gasteiger partial charge on any atom is 0.416 e. The Hall–Kier alpha value is -3.44. The van der Waals surface area contributed by atoms with E-state index in [4.69, 9.17) is 15.9 Å². The van der Waals surface area contributed by atoms with E-state index in [-0.39, 0.29) is 17.3 Å². The van der Waals surface area contributed by atoms with E-state index in [1.54, 1.807) is 10.7 Å². The Bertz CT molecular complexity index is 1400. The summed E-state index contributed by atoms with van der Waals surface area (Å²) in [6.07, 6.45) is -2.81. The highest BCUT2D eigenvalue weighted by atomic mass is 127. The lowest BCUT2D eigenvalue weighted by molar-refractivity contribution is -0.137. The van der Waals surface area contributed by atoms with Crippen LogP contribution in [0.2, 0.25) is 0 Å². The van der Waals surface area contributed by atoms with Crippen LogP contribution in [0.25, 0.3) is 11.1 Å². The van der Waals surface area contributed by atoms with Crippen molar-refractivity contribution in [2.45, 2.75) is 26.1 Å². The number of urea groups is 1. The first-order chi connectivity index (χ1) is 19.0. The summed E-state index contributed by atoms with van der Waals surface area (Å²) in [6, 6.07) is 4.57. The van der Waals surface area contributed by atoms with E-state index in [1.165, 1.54) is 12.1 Å². The van der Waals surface area contributed by atoms with Gasteiger partial charge in [0.25, 0.3) is 0 Å². The molecular formula is C25H27F4IN8O2. The predicted octanol–water partition coefficient (Wildman–Crippen LogP) is 5.06. The van der Waals surface area contributed by atoms with E-state index >= 15 is 4.39 Å². The number of hydrogen-bond donors (Lipinski definition) is 5. The summed E-state index contributed by atoms with van der Waals surface area (Å²) in [5, 5.41) is 12.7. The van der Waals surface area contributed by atoms with Gasteiger partial charge in [0, 0.05) is 38.0 Å². The van der Waals surface area contributed by atoms with Gasteiger partial charge in [0.1, 0.15) is 23.2 Å². The van der Waals surface area contributed by atoms with E-state index in [1.807, 2.05) is 29.8 Å². The molecule has 3 aromatic rings. The molecule has 2 aromatic heterocycles. The SMILES string of the molecule is Cc1c(-c2ccc(NC(=O)Nc3cc(C(F)(F)F)ccn3)c(F)c2)c(C(=N)N)n(NI)c1CN1CCCOCC1. The number of nitrogens with two attached hydrogens (primary N) is 1. The van der Waals surface area contributed by atoms with Crippen molar-refractivity contribution in [1.29, 1.82) is 5.41 Å². The summed E-state index contributed by atoms with van der Waals surface area (Å²) in [6.45, 7) is 5.31. The van der Waals surface area contributed by atoms with Crippen molar-refractivity contribution in [2.75, 3.05) is 40.6 Å². The minimum atomic E-state index is -4.61. The third kappa shape index (κ3) is 6.64. The number of nitrogen functional groups attached to an aromatic ring is 1. The first-order valence-electron chi connectivity index (χ1n) is 12.2. The van der Waals surface area contributed by atoms with Gasteiger partial charge in [-0.15, -0.1) is 0 Å². The van der Waals surface area contributed by atoms with E-state index in [0.717, 1.165) is 43.0 Å². The molecule has 0 unspecified atom stereocenters. The fourth-order valence-electron chi connectivity index (χ4n) is 4.51. The van der Waals surface area contributed by atoms with Crippen molar-refractivity contribution in [2.24, 2.45) is 5.73 Å². The smallest absolute Gasteiger partial charge is 0.382 e. The lowest BCUT2D eigenvalue weighted by Crippen LogP contribution is -2.29. The first-order valence-corrected chi connectivity index (χ1v) is 13.2. The Kier molecular flexibility index (Phi) is 9.15. The molecule has 40 heavy (non-hydrogen) atoms. The summed E-state index contributed by atoms with van der Waals surface area (Å²) in [5.41, 5.74) is 7.78. The molecule has 0 bridgehead atoms. The fourth-order valence-corrected chi connectivity index (χ4v) is 5.04. The molecule has 1 fully saturated rings. The number of amides is 2. The Morgan fingerprint density at radius 1 is 1.20 bits per heavy atom. The molecule has 1 saturated heterocycles. The van der Waals surface area contributed by atoms with Crippen LogP contribution < -0.4 is 20.0 Å². The highest BCUT2D eigenvalue weighted by molar-refractivity contribution is 14.1. The summed E-state index contributed by atoms with van der Waals surface area (Å²) in [7, 11) is 0. The van der Waals surface area contributed by atoms with Crippen molar-refractivity contribution < 1.29 is 27.1 Å². The average Bonchev–Trinajstić information content (AvgIpc) is 3.02. The number of hydrogen-bond acceptors (Lipinski definition) is 6. The van der Waals surface area contributed by atoms with Gasteiger partial charge < -0.3 is 15.8 Å². The monoisotopic (exact) mass is 674 g/mol. The fraction of sp³-hybridized carbons (Fsp3) is 0.320. The van der Waals surface area contributed by atoms with Crippen LogP contribution >= 0.6 is 22.9 Å². The molecule has 0 aliphatic carbocycles. The number of anilines is 2. The van der Waals surface area contributed by atoms with Crippen LogP contribution in [-0.4, -0.2) is 52.7 Å². The maximum atomic E-state index is 15.2. The van der Waals surface area contributed by atoms with Crippen LogP contribution in [0.4, 0.5) is 33.9 Å². The van der Waals surface area contributed by atoms with Crippen LogP contribution in [0.3, 0.4) is 0 Å². The van der Waals surface area contributed by atoms with E-state index in [9.17, 15) is 18.0 Å². The van der Waals surface area contributed by atoms with Crippen LogP contribution in [-0.2, 0) is 17.5 Å². The molecular weight excluding hydrogens is 647 g/mol. The van der Waals surface area contributed by atoms with Gasteiger partial charge in [0.05, 0.1) is 46.4 Å². The molecule has 0 atom stereocenters. The Labute approximate surface area is 241 Å². The summed E-state index contributed by atoms with van der Waals surface area (Å²) in [4.78, 5) is 18.3. The molecule has 15 heteroatoms. The quantitative estimate of drug-likeness (QED) is 0.0783. The summed E-state index contributed by atoms with van der Waals surface area (Å²) >= 11 is 1.95. The highest BCUT2D eigenvalue weighted by Crippen LogP contribution is 2.35. The van der Waals surface area contributed by atoms with Crippen LogP contribution in [0.5, 0.6) is 0 Å². The third-order valence-electron chi connectivity index (χ3n) is 6.40. The standard InChI is InChI=1S/C25H27F4IN8O2/c1-14-19(13-37-7-2-9-40-10-8-37)38(36-30)22(23(31)32)21(14)15-3-4-18(17(26)11-15)34-24(39)35-20-12-16(5-6-33-20)25(27,28)29/h3-6,11-12,36H,2,7-10,13H2,1H3,(H3,31,32)(H2,33,34,35,39). The van der Waals surface area contributed by atoms with Crippen LogP contribution in [0, 0.1) is 18.2 Å². The zero-order valence-electron chi connectivity index (χ0n) is 21.3. The molecule has 1 aliphatic rings. The van der Waals surface area contributed by atoms with E-state index in [0.29, 0.717) is 42.6 Å². The largest absolute Gasteiger partial charge is 0.416 e. The Balaban J connectivity index is 1.59. The number of aromatic nitrogens is 2. The molecule has 2 amide bonds. The van der Waals surface area contributed by atoms with Gasteiger partial charge >= 0.3 is 12.2 Å². The van der Waals surface area contributed by atoms with E-state index < -0.39 is 23.6 Å². The lowest BCUT2D eigenvalue weighted by Gasteiger charge is -2.21. The highest BCUT2D eigenvalue weighted by Gasteiger charge is 2.31. The predicted molar refractivity (Wildman–Crippen MR) is 152 cm³/mol. The van der Waals surface area contributed by atoms with Gasteiger partial charge in [0.15, 0.2) is 0 Å². The minimum Gasteiger partial charge on any atom is -0.382 e. The van der Waals surface area contributed by atoms with Gasteiger partial charge in [-0.05, 0) is 48.7 Å². The maximum absolute atomic E-state index is 15.2. The lowest BCUT2D eigenvalue weighted by atomic mass is 9.99. The van der Waals surface area contributed by atoms with Gasteiger partial charge in [-0.3, -0.25) is 19.3 Å². The van der Waals surface area contributed by atoms with Crippen molar-refractivity contribution in [3.8, 4) is 11.1 Å². The molecule has 214 valence electrons. The van der Waals surface area contributed by atoms with E-state index in [2.05, 4.69) is 24.2 Å². The zero-order chi connectivity index (χ0) is 29.0. The van der Waals surface area contributed by atoms with Crippen molar-refractivity contribution in [3.05, 3.63) is 64.9 Å². The van der Waals surface area contributed by atoms with Crippen molar-refractivity contribution in [1.82, 2.24) is 14.6 Å². The van der Waals surface area contributed by atoms with Crippen LogP contribution in [0.1, 0.15) is 28.9 Å². The number of alkyl halides is 3. The number of halogens is 5. The third-order valence-corrected chi connectivity index (χ3v) is 6.88. The number of carbonyl (C=O) groups excluding carboxylic acids is 1. The number of nitrogens with zero attached hydrogens (tertiary/aromatic N) is 3. The second-order valence-corrected chi connectivity index (χ2v) is 9.55. The number of pyridine rings is 1. The van der Waals surface area contributed by atoms with Gasteiger partial charge in [-0.1, -0.05) is 6.07 Å². The normalized spacial score (nSPS) is 14.4. The number of rotatable bonds is 7. The number of amidine groups is 1. The molecule has 0 saturated carbocycles. The molecule has 0 spiro atoms. The number of nitrogens with one attached hydrogen (secondary N) is 4. The zero-order valence-corrected chi connectivity index (χ0v) is 23.5. The van der Waals surface area contributed by atoms with Gasteiger partial charge in [-0.2, -0.15) is 13.2 Å². The number of benzene rings is 1. The molecule has 0 radical (unpaired) electrons. The molecule has 4 rings (SSSR count). The van der Waals surface area contributed by atoms with Crippen molar-refractivity contribution >= 4 is 46.2 Å². The van der Waals surface area contributed by atoms with Crippen molar-refractivity contribution in [3.63, 3.8) is 0 Å². The molecule has 10 nitrogen and oxygen atoms in total. The molecule has 1 aliphatic heterocycles. The Morgan fingerprint density at radius 3 is 2.65 bits per heavy atom. The molecule has 6 N–H and O–H groups in total. The van der Waals surface area contributed by atoms with Crippen LogP contribution in [0.15, 0.2) is 36.5 Å². The molecule has 3 heterocycles. The number of carbonyl (C=O) groups is 1. The Morgan fingerprint density at radius 2 is 1.98 bits per heavy atom. The first kappa shape index (κ1) is 29.5. The summed E-state index contributed by atoms with van der Waals surface area (Å²) < 4.78 is 64.3. The molecule has 1 aromatic carbocycles.